The summed E-state index contributed by atoms with van der Waals surface area (Å²) in [6.07, 6.45) is 1.75. The summed E-state index contributed by atoms with van der Waals surface area (Å²) in [6, 6.07) is 7.45. The van der Waals surface area contributed by atoms with Gasteiger partial charge in [0, 0.05) is 38.1 Å². The minimum atomic E-state index is -0.166. The van der Waals surface area contributed by atoms with E-state index >= 15 is 0 Å². The molecule has 0 aliphatic carbocycles. The molecule has 0 unspecified atom stereocenters. The standard InChI is InChI=1S/C15H20N4O2/c1-18-9-6-13(14(18)20)17-11-4-2-5-12(10-11)19-8-3-7-16-15(19)21/h2,4-5,10,13,17H,3,6-9H2,1H3,(H,16,21)/t13-/m1/s1. The summed E-state index contributed by atoms with van der Waals surface area (Å²) in [7, 11) is 1.82. The number of nitrogens with one attached hydrogen (secondary N) is 2. The van der Waals surface area contributed by atoms with Crippen LogP contribution < -0.4 is 15.5 Å². The first-order chi connectivity index (χ1) is 10.1. The number of carbonyl (C=O) groups excluding carboxylic acids is 2. The molecule has 1 atom stereocenters. The zero-order valence-electron chi connectivity index (χ0n) is 12.1. The summed E-state index contributed by atoms with van der Waals surface area (Å²) in [5, 5.41) is 6.11. The molecule has 6 heteroatoms. The summed E-state index contributed by atoms with van der Waals surface area (Å²) in [5.41, 5.74) is 1.73. The van der Waals surface area contributed by atoms with E-state index in [0.29, 0.717) is 0 Å². The van der Waals surface area contributed by atoms with E-state index in [1.807, 2.05) is 31.3 Å². The van der Waals surface area contributed by atoms with Gasteiger partial charge in [0.05, 0.1) is 0 Å². The molecule has 3 rings (SSSR count). The first-order valence-electron chi connectivity index (χ1n) is 7.32. The lowest BCUT2D eigenvalue weighted by atomic mass is 10.2. The van der Waals surface area contributed by atoms with Crippen LogP contribution in [-0.4, -0.2) is 49.6 Å². The molecule has 0 radical (unpaired) electrons. The van der Waals surface area contributed by atoms with Crippen LogP contribution in [0.1, 0.15) is 12.8 Å². The van der Waals surface area contributed by atoms with Gasteiger partial charge in [-0.15, -0.1) is 0 Å². The minimum absolute atomic E-state index is 0.0601. The van der Waals surface area contributed by atoms with Crippen LogP contribution in [0.4, 0.5) is 16.2 Å². The Morgan fingerprint density at radius 2 is 2.14 bits per heavy atom. The number of benzene rings is 1. The molecule has 2 aliphatic heterocycles. The van der Waals surface area contributed by atoms with E-state index < -0.39 is 0 Å². The number of carbonyl (C=O) groups is 2. The molecule has 21 heavy (non-hydrogen) atoms. The van der Waals surface area contributed by atoms with Crippen LogP contribution in [0.2, 0.25) is 0 Å². The van der Waals surface area contributed by atoms with Gasteiger partial charge < -0.3 is 15.5 Å². The van der Waals surface area contributed by atoms with E-state index in [9.17, 15) is 9.59 Å². The predicted molar refractivity (Wildman–Crippen MR) is 81.5 cm³/mol. The van der Waals surface area contributed by atoms with Crippen molar-refractivity contribution in [3.63, 3.8) is 0 Å². The summed E-state index contributed by atoms with van der Waals surface area (Å²) in [5.74, 6) is 0.121. The Morgan fingerprint density at radius 3 is 2.86 bits per heavy atom. The Bertz CT molecular complexity index is 560. The lowest BCUT2D eigenvalue weighted by Gasteiger charge is -2.28. The molecular weight excluding hydrogens is 268 g/mol. The third-order valence-electron chi connectivity index (χ3n) is 4.01. The largest absolute Gasteiger partial charge is 0.374 e. The number of hydrogen-bond acceptors (Lipinski definition) is 3. The van der Waals surface area contributed by atoms with Crippen molar-refractivity contribution < 1.29 is 9.59 Å². The zero-order chi connectivity index (χ0) is 14.8. The molecule has 1 aromatic rings. The quantitative estimate of drug-likeness (QED) is 0.880. The minimum Gasteiger partial charge on any atom is -0.374 e. The smallest absolute Gasteiger partial charge is 0.321 e. The van der Waals surface area contributed by atoms with Gasteiger partial charge in [-0.2, -0.15) is 0 Å². The van der Waals surface area contributed by atoms with Crippen molar-refractivity contribution in [3.05, 3.63) is 24.3 Å². The molecule has 112 valence electrons. The Labute approximate surface area is 124 Å². The van der Waals surface area contributed by atoms with Crippen LogP contribution in [-0.2, 0) is 4.79 Å². The molecule has 1 aromatic carbocycles. The lowest BCUT2D eigenvalue weighted by molar-refractivity contribution is -0.127. The van der Waals surface area contributed by atoms with Crippen LogP contribution in [0, 0.1) is 0 Å². The topological polar surface area (TPSA) is 64.7 Å². The predicted octanol–water partition coefficient (Wildman–Crippen LogP) is 1.25. The molecule has 0 bridgehead atoms. The molecule has 2 aliphatic rings. The summed E-state index contributed by atoms with van der Waals surface area (Å²) < 4.78 is 0. The van der Waals surface area contributed by atoms with E-state index in [1.54, 1.807) is 9.80 Å². The molecule has 2 saturated heterocycles. The zero-order valence-corrected chi connectivity index (χ0v) is 12.1. The van der Waals surface area contributed by atoms with Crippen molar-refractivity contribution in [2.24, 2.45) is 0 Å². The second-order valence-electron chi connectivity index (χ2n) is 5.53. The first kappa shape index (κ1) is 13.7. The molecule has 3 amide bonds. The fraction of sp³-hybridized carbons (Fsp3) is 0.467. The van der Waals surface area contributed by atoms with Gasteiger partial charge in [-0.25, -0.2) is 4.79 Å². The maximum Gasteiger partial charge on any atom is 0.321 e. The van der Waals surface area contributed by atoms with Crippen molar-refractivity contribution in [1.82, 2.24) is 10.2 Å². The highest BCUT2D eigenvalue weighted by atomic mass is 16.2. The van der Waals surface area contributed by atoms with Crippen LogP contribution in [0.25, 0.3) is 0 Å². The third-order valence-corrected chi connectivity index (χ3v) is 4.01. The van der Waals surface area contributed by atoms with Crippen molar-refractivity contribution in [2.45, 2.75) is 18.9 Å². The van der Waals surface area contributed by atoms with E-state index in [-0.39, 0.29) is 18.0 Å². The first-order valence-corrected chi connectivity index (χ1v) is 7.32. The number of anilines is 2. The second kappa shape index (κ2) is 5.63. The summed E-state index contributed by atoms with van der Waals surface area (Å²) in [6.45, 7) is 2.24. The van der Waals surface area contributed by atoms with Gasteiger partial charge in [-0.05, 0) is 31.0 Å². The van der Waals surface area contributed by atoms with E-state index in [4.69, 9.17) is 0 Å². The molecule has 0 saturated carbocycles. The average Bonchev–Trinajstić information content (AvgIpc) is 2.80. The number of nitrogens with zero attached hydrogens (tertiary/aromatic N) is 2. The monoisotopic (exact) mass is 288 g/mol. The molecule has 0 aromatic heterocycles. The number of urea groups is 1. The maximum absolute atomic E-state index is 11.9. The van der Waals surface area contributed by atoms with E-state index in [2.05, 4.69) is 10.6 Å². The van der Waals surface area contributed by atoms with E-state index in [0.717, 1.165) is 43.9 Å². The molecule has 2 heterocycles. The Kier molecular flexibility index (Phi) is 3.68. The molecule has 2 N–H and O–H groups in total. The third kappa shape index (κ3) is 2.79. The van der Waals surface area contributed by atoms with Gasteiger partial charge in [-0.3, -0.25) is 9.69 Å². The van der Waals surface area contributed by atoms with Gasteiger partial charge in [0.25, 0.3) is 0 Å². The van der Waals surface area contributed by atoms with E-state index in [1.165, 1.54) is 0 Å². The number of likely N-dealkylation sites (tertiary alicyclic amines) is 1. The maximum atomic E-state index is 11.9. The fourth-order valence-corrected chi connectivity index (χ4v) is 2.80. The Morgan fingerprint density at radius 1 is 1.29 bits per heavy atom. The molecule has 0 spiro atoms. The Balaban J connectivity index is 1.74. The highest BCUT2D eigenvalue weighted by molar-refractivity contribution is 5.93. The van der Waals surface area contributed by atoms with Crippen molar-refractivity contribution in [1.29, 1.82) is 0 Å². The molecule has 6 nitrogen and oxygen atoms in total. The van der Waals surface area contributed by atoms with Crippen LogP contribution in [0.5, 0.6) is 0 Å². The van der Waals surface area contributed by atoms with Gasteiger partial charge in [-0.1, -0.05) is 6.07 Å². The molecule has 2 fully saturated rings. The van der Waals surface area contributed by atoms with Gasteiger partial charge >= 0.3 is 6.03 Å². The number of likely N-dealkylation sites (N-methyl/N-ethyl adjacent to an activating group) is 1. The number of rotatable bonds is 3. The Hall–Kier alpha value is -2.24. The van der Waals surface area contributed by atoms with Crippen LogP contribution in [0.3, 0.4) is 0 Å². The summed E-state index contributed by atoms with van der Waals surface area (Å²) in [4.78, 5) is 27.3. The summed E-state index contributed by atoms with van der Waals surface area (Å²) >= 11 is 0. The lowest BCUT2D eigenvalue weighted by Crippen LogP contribution is -2.46. The number of hydrogen-bond donors (Lipinski definition) is 2. The fourth-order valence-electron chi connectivity index (χ4n) is 2.80. The van der Waals surface area contributed by atoms with Gasteiger partial charge in [0.2, 0.25) is 5.91 Å². The van der Waals surface area contributed by atoms with Crippen LogP contribution in [0.15, 0.2) is 24.3 Å². The van der Waals surface area contributed by atoms with Crippen LogP contribution >= 0.6 is 0 Å². The highest BCUT2D eigenvalue weighted by Gasteiger charge is 2.29. The van der Waals surface area contributed by atoms with Crippen molar-refractivity contribution >= 4 is 23.3 Å². The van der Waals surface area contributed by atoms with Crippen molar-refractivity contribution in [2.75, 3.05) is 36.9 Å². The normalized spacial score (nSPS) is 22.4. The highest BCUT2D eigenvalue weighted by Crippen LogP contribution is 2.23. The SMILES string of the molecule is CN1CC[C@@H](Nc2cccc(N3CCCNC3=O)c2)C1=O. The number of amides is 3. The molecular formula is C15H20N4O2. The second-order valence-corrected chi connectivity index (χ2v) is 5.53. The van der Waals surface area contributed by atoms with Gasteiger partial charge in [0.15, 0.2) is 0 Å². The van der Waals surface area contributed by atoms with Crippen molar-refractivity contribution in [3.8, 4) is 0 Å². The van der Waals surface area contributed by atoms with Gasteiger partial charge in [0.1, 0.15) is 6.04 Å². The average molecular weight is 288 g/mol.